The number of carbonyl (C=O) groups excluding carboxylic acids is 1. The van der Waals surface area contributed by atoms with Crippen LogP contribution in [-0.2, 0) is 11.8 Å². The Balaban J connectivity index is 2.19. The largest absolute Gasteiger partial charge is 0.368 e. The van der Waals surface area contributed by atoms with Crippen LogP contribution >= 0.6 is 0 Å². The lowest BCUT2D eigenvalue weighted by atomic mass is 9.88. The minimum Gasteiger partial charge on any atom is -0.368 e. The quantitative estimate of drug-likeness (QED) is 0.882. The van der Waals surface area contributed by atoms with Crippen LogP contribution in [-0.4, -0.2) is 26.5 Å². The number of hydrogen-bond acceptors (Lipinski definition) is 4. The zero-order chi connectivity index (χ0) is 15.6. The summed E-state index contributed by atoms with van der Waals surface area (Å²) in [4.78, 5) is 20.2. The summed E-state index contributed by atoms with van der Waals surface area (Å²) in [6.07, 6.45) is 5.01. The van der Waals surface area contributed by atoms with E-state index in [4.69, 9.17) is 5.73 Å². The molecule has 2 aromatic heterocycles. The van der Waals surface area contributed by atoms with Crippen molar-refractivity contribution in [1.29, 1.82) is 0 Å². The topological polar surface area (TPSA) is 85.8 Å². The molecule has 0 radical (unpaired) electrons. The lowest BCUT2D eigenvalue weighted by molar-refractivity contribution is -0.119. The van der Waals surface area contributed by atoms with Gasteiger partial charge in [0.1, 0.15) is 11.6 Å². The number of carbonyl (C=O) groups is 1. The molecule has 0 saturated carbocycles. The van der Waals surface area contributed by atoms with Crippen LogP contribution < -0.4 is 11.1 Å². The molecule has 0 aromatic carbocycles. The van der Waals surface area contributed by atoms with Gasteiger partial charge in [0.15, 0.2) is 0 Å². The molecule has 0 spiro atoms. The highest BCUT2D eigenvalue weighted by Crippen LogP contribution is 2.23. The molecule has 0 saturated heterocycles. The summed E-state index contributed by atoms with van der Waals surface area (Å²) in [6, 6.07) is 1.47. The minimum absolute atomic E-state index is 0.158. The van der Waals surface area contributed by atoms with Crippen LogP contribution in [0.15, 0.2) is 18.5 Å². The molecule has 0 fully saturated rings. The number of primary amides is 1. The molecular weight excluding hydrogens is 266 g/mol. The Morgan fingerprint density at radius 2 is 2.19 bits per heavy atom. The number of amides is 1. The van der Waals surface area contributed by atoms with Crippen LogP contribution in [0.25, 0.3) is 11.0 Å². The molecule has 114 valence electrons. The molecule has 6 nitrogen and oxygen atoms in total. The average Bonchev–Trinajstić information content (AvgIpc) is 2.70. The van der Waals surface area contributed by atoms with Crippen molar-refractivity contribution >= 4 is 22.9 Å². The summed E-state index contributed by atoms with van der Waals surface area (Å²) in [5.74, 6) is 0.278. The van der Waals surface area contributed by atoms with Crippen molar-refractivity contribution < 1.29 is 4.79 Å². The van der Waals surface area contributed by atoms with Crippen molar-refractivity contribution in [3.8, 4) is 0 Å². The minimum atomic E-state index is -0.423. The molecule has 0 aliphatic heterocycles. The van der Waals surface area contributed by atoms with E-state index in [0.717, 1.165) is 17.5 Å². The van der Waals surface area contributed by atoms with Crippen LogP contribution in [0.5, 0.6) is 0 Å². The van der Waals surface area contributed by atoms with Gasteiger partial charge in [0.25, 0.3) is 0 Å². The Labute approximate surface area is 124 Å². The van der Waals surface area contributed by atoms with Gasteiger partial charge in [-0.25, -0.2) is 4.98 Å². The Morgan fingerprint density at radius 3 is 2.76 bits per heavy atom. The highest BCUT2D eigenvalue weighted by molar-refractivity contribution is 5.84. The van der Waals surface area contributed by atoms with Gasteiger partial charge < -0.3 is 15.6 Å². The third-order valence-corrected chi connectivity index (χ3v) is 3.51. The van der Waals surface area contributed by atoms with E-state index in [1.807, 2.05) is 17.7 Å². The second-order valence-corrected chi connectivity index (χ2v) is 6.56. The van der Waals surface area contributed by atoms with Crippen LogP contribution in [0.4, 0.5) is 5.95 Å². The van der Waals surface area contributed by atoms with E-state index < -0.39 is 6.04 Å². The number of nitrogens with one attached hydrogen (secondary N) is 1. The predicted molar refractivity (Wildman–Crippen MR) is 83.8 cm³/mol. The van der Waals surface area contributed by atoms with Crippen molar-refractivity contribution in [1.82, 2.24) is 14.5 Å². The molecule has 1 unspecified atom stereocenters. The van der Waals surface area contributed by atoms with E-state index in [9.17, 15) is 4.79 Å². The van der Waals surface area contributed by atoms with E-state index in [1.165, 1.54) is 0 Å². The van der Waals surface area contributed by atoms with Crippen molar-refractivity contribution in [3.05, 3.63) is 18.5 Å². The predicted octanol–water partition coefficient (Wildman–Crippen LogP) is 2.06. The Bertz CT molecular complexity index is 641. The number of nitrogens with two attached hydrogens (primary N) is 1. The lowest BCUT2D eigenvalue weighted by Gasteiger charge is -2.22. The first-order valence-corrected chi connectivity index (χ1v) is 7.10. The molecule has 0 aliphatic rings. The number of nitrogens with zero attached hydrogens (tertiary/aromatic N) is 3. The van der Waals surface area contributed by atoms with Crippen molar-refractivity contribution in [2.24, 2.45) is 18.2 Å². The van der Waals surface area contributed by atoms with E-state index >= 15 is 0 Å². The van der Waals surface area contributed by atoms with E-state index in [0.29, 0.717) is 12.4 Å². The number of aromatic nitrogens is 3. The molecule has 2 aromatic rings. The van der Waals surface area contributed by atoms with Gasteiger partial charge in [0, 0.05) is 13.2 Å². The van der Waals surface area contributed by atoms with Gasteiger partial charge in [0.2, 0.25) is 11.9 Å². The number of aryl methyl sites for hydroxylation is 1. The van der Waals surface area contributed by atoms with Gasteiger partial charge in [-0.2, -0.15) is 0 Å². The number of imidazole rings is 1. The SMILES string of the molecule is Cn1c(NC(CCC(C)(C)C)C(N)=O)nc2cnccc21. The summed E-state index contributed by atoms with van der Waals surface area (Å²) >= 11 is 0. The van der Waals surface area contributed by atoms with Gasteiger partial charge in [0.05, 0.1) is 11.7 Å². The molecule has 21 heavy (non-hydrogen) atoms. The Kier molecular flexibility index (Phi) is 4.16. The molecule has 1 amide bonds. The Morgan fingerprint density at radius 1 is 1.48 bits per heavy atom. The summed E-state index contributed by atoms with van der Waals surface area (Å²) < 4.78 is 1.91. The van der Waals surface area contributed by atoms with Crippen LogP contribution in [0.3, 0.4) is 0 Å². The highest BCUT2D eigenvalue weighted by atomic mass is 16.1. The maximum absolute atomic E-state index is 11.7. The fraction of sp³-hybridized carbons (Fsp3) is 0.533. The number of rotatable bonds is 5. The first kappa shape index (κ1) is 15.3. The smallest absolute Gasteiger partial charge is 0.240 e. The van der Waals surface area contributed by atoms with Gasteiger partial charge in [-0.05, 0) is 24.3 Å². The number of hydrogen-bond donors (Lipinski definition) is 2. The summed E-state index contributed by atoms with van der Waals surface area (Å²) in [7, 11) is 1.90. The maximum atomic E-state index is 11.7. The number of anilines is 1. The van der Waals surface area contributed by atoms with Gasteiger partial charge in [-0.1, -0.05) is 20.8 Å². The van der Waals surface area contributed by atoms with Gasteiger partial charge in [-0.3, -0.25) is 9.78 Å². The van der Waals surface area contributed by atoms with E-state index in [2.05, 4.69) is 36.1 Å². The molecular formula is C15H23N5O. The van der Waals surface area contributed by atoms with Crippen molar-refractivity contribution in [3.63, 3.8) is 0 Å². The standard InChI is InChI=1S/C15H23N5O/c1-15(2,3)7-5-10(13(16)21)18-14-19-11-9-17-8-6-12(11)20(14)4/h6,8-10H,5,7H2,1-4H3,(H2,16,21)(H,18,19). The average molecular weight is 289 g/mol. The summed E-state index contributed by atoms with van der Waals surface area (Å²) in [5, 5.41) is 3.16. The zero-order valence-corrected chi connectivity index (χ0v) is 13.1. The molecule has 0 aliphatic carbocycles. The molecule has 0 bridgehead atoms. The zero-order valence-electron chi connectivity index (χ0n) is 13.1. The molecule has 2 heterocycles. The van der Waals surface area contributed by atoms with Gasteiger partial charge in [-0.15, -0.1) is 0 Å². The third-order valence-electron chi connectivity index (χ3n) is 3.51. The number of pyridine rings is 1. The van der Waals surface area contributed by atoms with E-state index in [-0.39, 0.29) is 11.3 Å². The first-order chi connectivity index (χ1) is 9.78. The second-order valence-electron chi connectivity index (χ2n) is 6.56. The van der Waals surface area contributed by atoms with Crippen molar-refractivity contribution in [2.75, 3.05) is 5.32 Å². The molecule has 2 rings (SSSR count). The van der Waals surface area contributed by atoms with Crippen LogP contribution in [0, 0.1) is 5.41 Å². The highest BCUT2D eigenvalue weighted by Gasteiger charge is 2.21. The van der Waals surface area contributed by atoms with Crippen molar-refractivity contribution in [2.45, 2.75) is 39.7 Å². The van der Waals surface area contributed by atoms with Crippen LogP contribution in [0.2, 0.25) is 0 Å². The van der Waals surface area contributed by atoms with E-state index in [1.54, 1.807) is 12.4 Å². The summed E-state index contributed by atoms with van der Waals surface area (Å²) in [5.41, 5.74) is 7.42. The fourth-order valence-corrected chi connectivity index (χ4v) is 2.20. The molecule has 1 atom stereocenters. The fourth-order valence-electron chi connectivity index (χ4n) is 2.20. The van der Waals surface area contributed by atoms with Crippen LogP contribution in [0.1, 0.15) is 33.6 Å². The molecule has 3 N–H and O–H groups in total. The monoisotopic (exact) mass is 289 g/mol. The number of fused-ring (bicyclic) bond motifs is 1. The van der Waals surface area contributed by atoms with Gasteiger partial charge >= 0.3 is 0 Å². The molecule has 6 heteroatoms. The third kappa shape index (κ3) is 3.71. The normalized spacial score (nSPS) is 13.3. The Hall–Kier alpha value is -2.11. The lowest BCUT2D eigenvalue weighted by Crippen LogP contribution is -2.37. The maximum Gasteiger partial charge on any atom is 0.240 e. The second kappa shape index (κ2) is 5.71. The summed E-state index contributed by atoms with van der Waals surface area (Å²) in [6.45, 7) is 6.43. The first-order valence-electron chi connectivity index (χ1n) is 7.10.